The summed E-state index contributed by atoms with van der Waals surface area (Å²) in [6.45, 7) is 8.44. The van der Waals surface area contributed by atoms with Crippen molar-refractivity contribution < 1.29 is 8.42 Å². The van der Waals surface area contributed by atoms with Crippen LogP contribution in [0.4, 0.5) is 0 Å². The summed E-state index contributed by atoms with van der Waals surface area (Å²) in [5.74, 6) is 0. The van der Waals surface area contributed by atoms with Crippen molar-refractivity contribution >= 4 is 10.0 Å². The number of nitrogens with zero attached hydrogens (tertiary/aromatic N) is 2. The van der Waals surface area contributed by atoms with Crippen LogP contribution in [0.5, 0.6) is 0 Å². The van der Waals surface area contributed by atoms with E-state index in [0.29, 0.717) is 18.7 Å². The van der Waals surface area contributed by atoms with Gasteiger partial charge in [0.1, 0.15) is 0 Å². The van der Waals surface area contributed by atoms with Gasteiger partial charge in [0, 0.05) is 25.2 Å². The summed E-state index contributed by atoms with van der Waals surface area (Å²) in [5.41, 5.74) is 0.494. The van der Waals surface area contributed by atoms with E-state index < -0.39 is 10.0 Å². The molecule has 0 aliphatic heterocycles. The molecular weight excluding hydrogens is 290 g/mol. The molecule has 8 heteroatoms. The van der Waals surface area contributed by atoms with Crippen LogP contribution < -0.4 is 10.0 Å². The molecule has 0 aliphatic carbocycles. The van der Waals surface area contributed by atoms with Gasteiger partial charge in [-0.1, -0.05) is 20.8 Å². The molecule has 0 spiro atoms. The summed E-state index contributed by atoms with van der Waals surface area (Å²) < 4.78 is 27.4. The third-order valence-corrected chi connectivity index (χ3v) is 4.41. The van der Waals surface area contributed by atoms with Crippen molar-refractivity contribution in [2.24, 2.45) is 5.41 Å². The van der Waals surface area contributed by atoms with Crippen LogP contribution in [0.3, 0.4) is 0 Å². The van der Waals surface area contributed by atoms with Gasteiger partial charge in [0.15, 0.2) is 5.03 Å². The molecule has 1 rings (SSSR count). The Hall–Kier alpha value is -0.960. The zero-order chi connectivity index (χ0) is 16.1. The van der Waals surface area contributed by atoms with Gasteiger partial charge in [-0.2, -0.15) is 5.10 Å². The fraction of sp³-hybridized carbons (Fsp3) is 0.769. The van der Waals surface area contributed by atoms with Crippen molar-refractivity contribution in [1.29, 1.82) is 0 Å². The van der Waals surface area contributed by atoms with Gasteiger partial charge in [-0.3, -0.25) is 5.10 Å². The molecule has 0 fully saturated rings. The number of H-pyrrole nitrogens is 1. The van der Waals surface area contributed by atoms with E-state index in [0.717, 1.165) is 13.1 Å². The van der Waals surface area contributed by atoms with E-state index in [1.54, 1.807) is 6.20 Å². The lowest BCUT2D eigenvalue weighted by Crippen LogP contribution is -2.40. The van der Waals surface area contributed by atoms with Gasteiger partial charge in [0.05, 0.1) is 6.20 Å². The highest BCUT2D eigenvalue weighted by atomic mass is 32.2. The molecule has 0 radical (unpaired) electrons. The molecule has 1 heterocycles. The van der Waals surface area contributed by atoms with Crippen molar-refractivity contribution in [2.45, 2.75) is 32.3 Å². The van der Waals surface area contributed by atoms with E-state index in [9.17, 15) is 8.42 Å². The van der Waals surface area contributed by atoms with Crippen LogP contribution >= 0.6 is 0 Å². The predicted octanol–water partition coefficient (Wildman–Crippen LogP) is 0.385. The molecular formula is C13H27N5O2S. The Morgan fingerprint density at radius 3 is 2.62 bits per heavy atom. The molecule has 0 amide bonds. The number of nitrogens with one attached hydrogen (secondary N) is 3. The van der Waals surface area contributed by atoms with Crippen molar-refractivity contribution in [3.63, 3.8) is 0 Å². The van der Waals surface area contributed by atoms with Crippen LogP contribution in [0.2, 0.25) is 0 Å². The minimum atomic E-state index is -3.57. The zero-order valence-electron chi connectivity index (χ0n) is 13.5. The van der Waals surface area contributed by atoms with Gasteiger partial charge in [0.25, 0.3) is 10.0 Å². The Bertz CT molecular complexity index is 537. The van der Waals surface area contributed by atoms with Crippen LogP contribution in [0.15, 0.2) is 11.2 Å². The Balaban J connectivity index is 2.76. The fourth-order valence-electron chi connectivity index (χ4n) is 2.19. The van der Waals surface area contributed by atoms with Crippen molar-refractivity contribution in [3.8, 4) is 0 Å². The summed E-state index contributed by atoms with van der Waals surface area (Å²) in [6, 6.07) is 0. The van der Waals surface area contributed by atoms with Crippen LogP contribution in [0.25, 0.3) is 0 Å². The van der Waals surface area contributed by atoms with E-state index in [1.165, 1.54) is 0 Å². The second-order valence-corrected chi connectivity index (χ2v) is 7.94. The maximum atomic E-state index is 12.4. The summed E-state index contributed by atoms with van der Waals surface area (Å²) in [6.07, 6.45) is 1.54. The van der Waals surface area contributed by atoms with Gasteiger partial charge in [-0.15, -0.1) is 0 Å². The van der Waals surface area contributed by atoms with Crippen LogP contribution in [-0.2, 0) is 16.6 Å². The third kappa shape index (κ3) is 5.74. The van der Waals surface area contributed by atoms with E-state index in [2.05, 4.69) is 20.2 Å². The quantitative estimate of drug-likeness (QED) is 0.613. The first-order valence-electron chi connectivity index (χ1n) is 7.05. The molecule has 0 aliphatic rings. The average Bonchev–Trinajstić information content (AvgIpc) is 2.82. The highest BCUT2D eigenvalue weighted by Crippen LogP contribution is 2.17. The van der Waals surface area contributed by atoms with Gasteiger partial charge >= 0.3 is 0 Å². The van der Waals surface area contributed by atoms with Crippen LogP contribution in [-0.4, -0.2) is 57.2 Å². The monoisotopic (exact) mass is 317 g/mol. The molecule has 0 atom stereocenters. The normalized spacial score (nSPS) is 13.0. The molecule has 0 saturated carbocycles. The molecule has 1 aromatic heterocycles. The van der Waals surface area contributed by atoms with Crippen LogP contribution in [0, 0.1) is 5.41 Å². The lowest BCUT2D eigenvalue weighted by atomic mass is 9.93. The van der Waals surface area contributed by atoms with Crippen molar-refractivity contribution in [3.05, 3.63) is 11.8 Å². The molecule has 0 saturated heterocycles. The van der Waals surface area contributed by atoms with Crippen molar-refractivity contribution in [2.75, 3.05) is 33.7 Å². The summed E-state index contributed by atoms with van der Waals surface area (Å²) >= 11 is 0. The first-order chi connectivity index (χ1) is 9.68. The summed E-state index contributed by atoms with van der Waals surface area (Å²) in [4.78, 5) is 2.04. The minimum absolute atomic E-state index is 0.143. The summed E-state index contributed by atoms with van der Waals surface area (Å²) in [5, 5.41) is 9.67. The van der Waals surface area contributed by atoms with E-state index in [4.69, 9.17) is 0 Å². The molecule has 7 nitrogen and oxygen atoms in total. The van der Waals surface area contributed by atoms with Crippen LogP contribution in [0.1, 0.15) is 26.3 Å². The number of aromatic amines is 1. The molecule has 21 heavy (non-hydrogen) atoms. The smallest absolute Gasteiger partial charge is 0.257 e. The van der Waals surface area contributed by atoms with E-state index in [-0.39, 0.29) is 10.4 Å². The maximum Gasteiger partial charge on any atom is 0.257 e. The molecule has 0 aromatic carbocycles. The Morgan fingerprint density at radius 2 is 2.05 bits per heavy atom. The van der Waals surface area contributed by atoms with E-state index >= 15 is 0 Å². The molecule has 0 bridgehead atoms. The third-order valence-electron chi connectivity index (χ3n) is 3.00. The van der Waals surface area contributed by atoms with Gasteiger partial charge < -0.3 is 10.2 Å². The highest BCUT2D eigenvalue weighted by molar-refractivity contribution is 7.89. The number of sulfonamides is 1. The molecule has 122 valence electrons. The largest absolute Gasteiger partial charge is 0.313 e. The maximum absolute atomic E-state index is 12.4. The number of hydrogen-bond donors (Lipinski definition) is 3. The molecule has 1 aromatic rings. The molecule has 0 unspecified atom stereocenters. The van der Waals surface area contributed by atoms with Gasteiger partial charge in [-0.25, -0.2) is 13.1 Å². The second kappa shape index (κ2) is 7.35. The first kappa shape index (κ1) is 18.1. The van der Waals surface area contributed by atoms with Gasteiger partial charge in [-0.05, 0) is 26.1 Å². The first-order valence-corrected chi connectivity index (χ1v) is 8.53. The Kier molecular flexibility index (Phi) is 6.33. The fourth-order valence-corrected chi connectivity index (χ4v) is 3.56. The topological polar surface area (TPSA) is 90.1 Å². The van der Waals surface area contributed by atoms with E-state index in [1.807, 2.05) is 39.8 Å². The average molecular weight is 317 g/mol. The predicted molar refractivity (Wildman–Crippen MR) is 83.5 cm³/mol. The number of aromatic nitrogens is 2. The molecule has 3 N–H and O–H groups in total. The SMILES string of the molecule is CCNCc1cn[nH]c1S(=O)(=O)NCC(C)(C)CN(C)C. The second-order valence-electron chi connectivity index (χ2n) is 6.23. The summed E-state index contributed by atoms with van der Waals surface area (Å²) in [7, 11) is 0.370. The van der Waals surface area contributed by atoms with Crippen molar-refractivity contribution in [1.82, 2.24) is 25.1 Å². The minimum Gasteiger partial charge on any atom is -0.313 e. The standard InChI is InChI=1S/C13H27N5O2S/c1-6-14-7-11-8-15-17-12(11)21(19,20)16-9-13(2,3)10-18(4)5/h8,14,16H,6-7,9-10H2,1-5H3,(H,15,17). The van der Waals surface area contributed by atoms with Gasteiger partial charge in [0.2, 0.25) is 0 Å². The highest BCUT2D eigenvalue weighted by Gasteiger charge is 2.25. The lowest BCUT2D eigenvalue weighted by molar-refractivity contribution is 0.242. The lowest BCUT2D eigenvalue weighted by Gasteiger charge is -2.28. The number of hydrogen-bond acceptors (Lipinski definition) is 5. The number of rotatable bonds is 9. The Labute approximate surface area is 127 Å². The Morgan fingerprint density at radius 1 is 1.38 bits per heavy atom. The zero-order valence-corrected chi connectivity index (χ0v) is 14.3.